The molecule has 0 saturated carbocycles. The van der Waals surface area contributed by atoms with Crippen LogP contribution in [-0.4, -0.2) is 61.9 Å². The van der Waals surface area contributed by atoms with E-state index in [2.05, 4.69) is 11.0 Å². The predicted octanol–water partition coefficient (Wildman–Crippen LogP) is -0.709. The molecule has 0 aliphatic rings. The maximum atomic E-state index is 12.1. The first-order chi connectivity index (χ1) is 7.68. The van der Waals surface area contributed by atoms with E-state index in [-0.39, 0.29) is 29.6 Å². The van der Waals surface area contributed by atoms with Crippen molar-refractivity contribution in [1.29, 1.82) is 0 Å². The third-order valence-electron chi connectivity index (χ3n) is 1.69. The summed E-state index contributed by atoms with van der Waals surface area (Å²) in [4.78, 5) is 0. The zero-order chi connectivity index (χ0) is 12.3. The number of nitrogens with two attached hydrogens (primary N) is 2. The van der Waals surface area contributed by atoms with Gasteiger partial charge < -0.3 is 11.5 Å². The van der Waals surface area contributed by atoms with E-state index in [0.717, 1.165) is 12.8 Å². The summed E-state index contributed by atoms with van der Waals surface area (Å²) < 4.78 is 22.1. The molecule has 0 rings (SSSR count). The van der Waals surface area contributed by atoms with Crippen molar-refractivity contribution < 1.29 is 13.8 Å². The number of rotatable bonds is 11. The van der Waals surface area contributed by atoms with Gasteiger partial charge in [0.2, 0.25) is 0 Å². The van der Waals surface area contributed by atoms with Crippen molar-refractivity contribution in [3.8, 4) is 0 Å². The van der Waals surface area contributed by atoms with Crippen LogP contribution in [0.4, 0.5) is 0 Å². The summed E-state index contributed by atoms with van der Waals surface area (Å²) in [6.45, 7) is 3.67. The molecule has 0 radical (unpaired) electrons. The van der Waals surface area contributed by atoms with Crippen molar-refractivity contribution in [3.63, 3.8) is 0 Å². The maximum absolute atomic E-state index is 12.1. The van der Waals surface area contributed by atoms with Gasteiger partial charge in [-0.1, -0.05) is 13.3 Å². The van der Waals surface area contributed by atoms with Crippen molar-refractivity contribution in [2.24, 2.45) is 11.5 Å². The molecular formula is C8H24N4NaO3P. The first kappa shape index (κ1) is 20.3. The second-order valence-corrected chi connectivity index (χ2v) is 5.27. The van der Waals surface area contributed by atoms with E-state index < -0.39 is 7.60 Å². The molecule has 6 N–H and O–H groups in total. The van der Waals surface area contributed by atoms with E-state index in [1.165, 1.54) is 0 Å². The minimum atomic E-state index is -3.13. The van der Waals surface area contributed by atoms with Crippen LogP contribution < -0.4 is 22.4 Å². The summed E-state index contributed by atoms with van der Waals surface area (Å²) in [5.74, 6) is 0. The molecule has 0 unspecified atom stereocenters. The molecule has 0 fully saturated rings. The Bertz CT molecular complexity index is 197. The van der Waals surface area contributed by atoms with Gasteiger partial charge in [-0.15, -0.1) is 0 Å². The van der Waals surface area contributed by atoms with Crippen LogP contribution in [0.25, 0.3) is 0 Å². The second kappa shape index (κ2) is 13.4. The van der Waals surface area contributed by atoms with Gasteiger partial charge in [0.05, 0.1) is 6.16 Å². The molecule has 0 saturated heterocycles. The van der Waals surface area contributed by atoms with Crippen molar-refractivity contribution in [1.82, 2.24) is 11.0 Å². The molecule has 0 aliphatic heterocycles. The van der Waals surface area contributed by atoms with Crippen molar-refractivity contribution >= 4 is 37.2 Å². The molecule has 7 nitrogen and oxygen atoms in total. The Kier molecular flexibility index (Phi) is 16.0. The third-order valence-corrected chi connectivity index (χ3v) is 3.36. The van der Waals surface area contributed by atoms with E-state index in [9.17, 15) is 4.57 Å². The van der Waals surface area contributed by atoms with Crippen LogP contribution in [0.1, 0.15) is 19.8 Å². The van der Waals surface area contributed by atoms with E-state index in [1.807, 2.05) is 6.92 Å². The normalized spacial score (nSPS) is 11.2. The summed E-state index contributed by atoms with van der Waals surface area (Å²) in [6, 6.07) is 0. The van der Waals surface area contributed by atoms with Crippen LogP contribution in [0.15, 0.2) is 0 Å². The Morgan fingerprint density at radius 1 is 1.12 bits per heavy atom. The van der Waals surface area contributed by atoms with Gasteiger partial charge in [-0.05, 0) is 6.42 Å². The molecule has 0 heterocycles. The van der Waals surface area contributed by atoms with E-state index in [4.69, 9.17) is 20.7 Å². The Balaban J connectivity index is 0. The standard InChI is InChI=1S/C8H23N4O3P.Na.H/c1-2-3-8-16(13,14-11-6-4-9)15-12-7-5-10;;/h11-12H,2-10H2,1H3;;. The van der Waals surface area contributed by atoms with Crippen LogP contribution in [0, 0.1) is 0 Å². The Morgan fingerprint density at radius 3 is 1.94 bits per heavy atom. The Morgan fingerprint density at radius 2 is 1.59 bits per heavy atom. The number of nitrogens with one attached hydrogen (secondary N) is 2. The molecule has 0 spiro atoms. The fraction of sp³-hybridized carbons (Fsp3) is 1.00. The zero-order valence-electron chi connectivity index (χ0n) is 9.78. The first-order valence-corrected chi connectivity index (χ1v) is 7.23. The Hall–Kier alpha value is 0.990. The summed E-state index contributed by atoms with van der Waals surface area (Å²) in [7, 11) is -3.13. The molecule has 0 aromatic rings. The van der Waals surface area contributed by atoms with Gasteiger partial charge in [-0.3, -0.25) is 4.57 Å². The molecule has 17 heavy (non-hydrogen) atoms. The van der Waals surface area contributed by atoms with Crippen LogP contribution >= 0.6 is 7.60 Å². The van der Waals surface area contributed by atoms with E-state index in [1.54, 1.807) is 0 Å². The van der Waals surface area contributed by atoms with E-state index in [0.29, 0.717) is 32.3 Å². The summed E-state index contributed by atoms with van der Waals surface area (Å²) in [5, 5.41) is 0. The fourth-order valence-electron chi connectivity index (χ4n) is 0.868. The van der Waals surface area contributed by atoms with Gasteiger partial charge in [-0.25, -0.2) is 9.25 Å². The summed E-state index contributed by atoms with van der Waals surface area (Å²) in [5.41, 5.74) is 15.6. The number of hydrogen-bond donors (Lipinski definition) is 4. The van der Waals surface area contributed by atoms with Gasteiger partial charge in [0.25, 0.3) is 0 Å². The molecule has 0 amide bonds. The second-order valence-electron chi connectivity index (χ2n) is 3.24. The van der Waals surface area contributed by atoms with E-state index >= 15 is 0 Å². The number of hydroxylamine groups is 2. The SMILES string of the molecule is CCCCP(=O)(ONCCN)ONCCN.[NaH]. The third kappa shape index (κ3) is 11.8. The average molecular weight is 278 g/mol. The monoisotopic (exact) mass is 278 g/mol. The van der Waals surface area contributed by atoms with Crippen LogP contribution in [0.5, 0.6) is 0 Å². The van der Waals surface area contributed by atoms with Gasteiger partial charge in [0.15, 0.2) is 0 Å². The van der Waals surface area contributed by atoms with Crippen LogP contribution in [0.2, 0.25) is 0 Å². The fourth-order valence-corrected chi connectivity index (χ4v) is 2.37. The Labute approximate surface area is 125 Å². The van der Waals surface area contributed by atoms with Gasteiger partial charge >= 0.3 is 37.2 Å². The molecule has 9 heteroatoms. The first-order valence-electron chi connectivity index (χ1n) is 5.50. The minimum absolute atomic E-state index is 0. The average Bonchev–Trinajstić information content (AvgIpc) is 2.27. The van der Waals surface area contributed by atoms with Crippen molar-refractivity contribution in [2.45, 2.75) is 19.8 Å². The molecule has 0 aliphatic carbocycles. The van der Waals surface area contributed by atoms with Crippen LogP contribution in [-0.2, 0) is 13.8 Å². The molecule has 0 bridgehead atoms. The molecule has 100 valence electrons. The van der Waals surface area contributed by atoms with Gasteiger partial charge in [0.1, 0.15) is 0 Å². The van der Waals surface area contributed by atoms with Crippen LogP contribution in [0.3, 0.4) is 0 Å². The van der Waals surface area contributed by atoms with Gasteiger partial charge in [0, 0.05) is 26.2 Å². The van der Waals surface area contributed by atoms with Crippen molar-refractivity contribution in [2.75, 3.05) is 32.3 Å². The van der Waals surface area contributed by atoms with Gasteiger partial charge in [-0.2, -0.15) is 11.0 Å². The topological polar surface area (TPSA) is 112 Å². The zero-order valence-corrected chi connectivity index (χ0v) is 10.7. The number of unbranched alkanes of at least 4 members (excludes halogenated alkanes) is 1. The molecule has 0 atom stereocenters. The quantitative estimate of drug-likeness (QED) is 0.171. The molecule has 0 aromatic heterocycles. The summed E-state index contributed by atoms with van der Waals surface area (Å²) in [6.07, 6.45) is 2.05. The molecular weight excluding hydrogens is 254 g/mol. The predicted molar refractivity (Wildman–Crippen MR) is 70.8 cm³/mol. The van der Waals surface area contributed by atoms with Crippen molar-refractivity contribution in [3.05, 3.63) is 0 Å². The summed E-state index contributed by atoms with van der Waals surface area (Å²) >= 11 is 0. The number of hydrogen-bond acceptors (Lipinski definition) is 7. The molecule has 0 aromatic carbocycles.